The van der Waals surface area contributed by atoms with E-state index >= 15 is 0 Å². The van der Waals surface area contributed by atoms with Crippen LogP contribution in [0.2, 0.25) is 5.02 Å². The van der Waals surface area contributed by atoms with E-state index in [2.05, 4.69) is 22.1 Å². The van der Waals surface area contributed by atoms with E-state index in [9.17, 15) is 9.59 Å². The molecule has 0 saturated carbocycles. The van der Waals surface area contributed by atoms with Gasteiger partial charge in [-0.3, -0.25) is 9.36 Å². The van der Waals surface area contributed by atoms with Crippen LogP contribution in [0.15, 0.2) is 48.1 Å². The van der Waals surface area contributed by atoms with Gasteiger partial charge in [-0.15, -0.1) is 28.1 Å². The maximum absolute atomic E-state index is 12.5. The molecule has 1 N–H and O–H groups in total. The number of thioether (sulfide) groups is 1. The first kappa shape index (κ1) is 23.1. The Bertz CT molecular complexity index is 1110. The molecule has 2 aromatic heterocycles. The molecular weight excluding hydrogens is 456 g/mol. The van der Waals surface area contributed by atoms with Gasteiger partial charge in [0.2, 0.25) is 5.91 Å². The molecule has 0 fully saturated rings. The van der Waals surface area contributed by atoms with Crippen LogP contribution in [0.25, 0.3) is 11.4 Å². The van der Waals surface area contributed by atoms with Crippen molar-refractivity contribution in [2.75, 3.05) is 17.7 Å². The highest BCUT2D eigenvalue weighted by atomic mass is 35.5. The molecule has 0 radical (unpaired) electrons. The fourth-order valence-corrected chi connectivity index (χ4v) is 4.64. The Kier molecular flexibility index (Phi) is 7.89. The Morgan fingerprint density at radius 2 is 2.16 bits per heavy atom. The zero-order chi connectivity index (χ0) is 22.4. The van der Waals surface area contributed by atoms with Crippen molar-refractivity contribution in [1.29, 1.82) is 0 Å². The number of anilines is 1. The van der Waals surface area contributed by atoms with Gasteiger partial charge in [-0.1, -0.05) is 41.6 Å². The van der Waals surface area contributed by atoms with E-state index in [1.54, 1.807) is 25.1 Å². The molecule has 0 atom stereocenters. The minimum absolute atomic E-state index is 0.101. The predicted octanol–water partition coefficient (Wildman–Crippen LogP) is 5.06. The molecule has 0 bridgehead atoms. The Balaban J connectivity index is 1.72. The number of nitrogens with one attached hydrogen (secondary N) is 1. The van der Waals surface area contributed by atoms with Crippen molar-refractivity contribution in [3.8, 4) is 11.4 Å². The molecule has 1 amide bonds. The SMILES string of the molecule is C=CCn1c(SCC(=O)Nc2sc(C)cc2C(=O)OCC)nnc1-c1cccc(Cl)c1. The van der Waals surface area contributed by atoms with Crippen molar-refractivity contribution >= 4 is 51.6 Å². The zero-order valence-corrected chi connectivity index (χ0v) is 19.4. The van der Waals surface area contributed by atoms with Crippen LogP contribution in [0, 0.1) is 6.92 Å². The summed E-state index contributed by atoms with van der Waals surface area (Å²) < 4.78 is 6.93. The number of halogens is 1. The second-order valence-corrected chi connectivity index (χ2v) is 9.01. The zero-order valence-electron chi connectivity index (χ0n) is 17.1. The molecule has 3 aromatic rings. The summed E-state index contributed by atoms with van der Waals surface area (Å²) >= 11 is 8.68. The van der Waals surface area contributed by atoms with Crippen LogP contribution >= 0.6 is 34.7 Å². The highest BCUT2D eigenvalue weighted by Gasteiger charge is 2.19. The first-order valence-corrected chi connectivity index (χ1v) is 11.6. The lowest BCUT2D eigenvalue weighted by Gasteiger charge is -2.08. The van der Waals surface area contributed by atoms with E-state index in [1.165, 1.54) is 23.1 Å². The average molecular weight is 477 g/mol. The first-order chi connectivity index (χ1) is 14.9. The first-order valence-electron chi connectivity index (χ1n) is 9.43. The topological polar surface area (TPSA) is 86.1 Å². The van der Waals surface area contributed by atoms with Crippen LogP contribution < -0.4 is 5.32 Å². The molecule has 3 rings (SSSR count). The largest absolute Gasteiger partial charge is 0.462 e. The monoisotopic (exact) mass is 476 g/mol. The van der Waals surface area contributed by atoms with Gasteiger partial charge in [0, 0.05) is 22.0 Å². The van der Waals surface area contributed by atoms with Crippen molar-refractivity contribution < 1.29 is 14.3 Å². The summed E-state index contributed by atoms with van der Waals surface area (Å²) in [6, 6.07) is 9.05. The third kappa shape index (κ3) is 5.75. The van der Waals surface area contributed by atoms with Crippen LogP contribution in [0.1, 0.15) is 22.2 Å². The van der Waals surface area contributed by atoms with Gasteiger partial charge in [0.05, 0.1) is 17.9 Å². The van der Waals surface area contributed by atoms with Gasteiger partial charge in [-0.05, 0) is 32.0 Å². The van der Waals surface area contributed by atoms with E-state index in [0.717, 1.165) is 10.4 Å². The van der Waals surface area contributed by atoms with E-state index in [4.69, 9.17) is 16.3 Å². The number of ether oxygens (including phenoxy) is 1. The van der Waals surface area contributed by atoms with E-state index in [-0.39, 0.29) is 18.3 Å². The van der Waals surface area contributed by atoms with Gasteiger partial charge in [0.25, 0.3) is 0 Å². The Morgan fingerprint density at radius 3 is 2.87 bits per heavy atom. The van der Waals surface area contributed by atoms with Gasteiger partial charge in [0.15, 0.2) is 11.0 Å². The summed E-state index contributed by atoms with van der Waals surface area (Å²) in [5.41, 5.74) is 1.19. The summed E-state index contributed by atoms with van der Waals surface area (Å²) in [7, 11) is 0. The lowest BCUT2D eigenvalue weighted by Crippen LogP contribution is -2.16. The van der Waals surface area contributed by atoms with E-state index in [1.807, 2.05) is 29.7 Å². The number of nitrogens with zero attached hydrogens (tertiary/aromatic N) is 3. The number of thiophene rings is 1. The second kappa shape index (κ2) is 10.6. The van der Waals surface area contributed by atoms with Crippen LogP contribution in [-0.2, 0) is 16.1 Å². The maximum Gasteiger partial charge on any atom is 0.341 e. The molecule has 10 heteroatoms. The number of esters is 1. The van der Waals surface area contributed by atoms with Crippen molar-refractivity contribution in [1.82, 2.24) is 14.8 Å². The Hall–Kier alpha value is -2.62. The van der Waals surface area contributed by atoms with Crippen LogP contribution in [0.4, 0.5) is 5.00 Å². The van der Waals surface area contributed by atoms with Gasteiger partial charge in [0.1, 0.15) is 5.00 Å². The van der Waals surface area contributed by atoms with Crippen molar-refractivity contribution in [2.45, 2.75) is 25.5 Å². The van der Waals surface area contributed by atoms with Crippen molar-refractivity contribution in [3.63, 3.8) is 0 Å². The molecule has 2 heterocycles. The highest BCUT2D eigenvalue weighted by Crippen LogP contribution is 2.29. The number of rotatable bonds is 9. The number of hydrogen-bond donors (Lipinski definition) is 1. The number of allylic oxidation sites excluding steroid dienone is 1. The molecule has 1 aromatic carbocycles. The molecule has 0 aliphatic heterocycles. The van der Waals surface area contributed by atoms with Crippen LogP contribution in [0.5, 0.6) is 0 Å². The molecule has 0 unspecified atom stereocenters. The van der Waals surface area contributed by atoms with Crippen LogP contribution in [0.3, 0.4) is 0 Å². The molecule has 7 nitrogen and oxygen atoms in total. The molecular formula is C21H21ClN4O3S2. The number of aromatic nitrogens is 3. The lowest BCUT2D eigenvalue weighted by molar-refractivity contribution is -0.113. The van der Waals surface area contributed by atoms with Gasteiger partial charge < -0.3 is 10.1 Å². The minimum atomic E-state index is -0.452. The van der Waals surface area contributed by atoms with E-state index < -0.39 is 5.97 Å². The number of hydrogen-bond acceptors (Lipinski definition) is 7. The smallest absolute Gasteiger partial charge is 0.341 e. The molecule has 31 heavy (non-hydrogen) atoms. The second-order valence-electron chi connectivity index (χ2n) is 6.37. The van der Waals surface area contributed by atoms with Crippen molar-refractivity contribution in [2.24, 2.45) is 0 Å². The quantitative estimate of drug-likeness (QED) is 0.264. The fraction of sp³-hybridized carbons (Fsp3) is 0.238. The Morgan fingerprint density at radius 1 is 1.35 bits per heavy atom. The normalized spacial score (nSPS) is 10.7. The molecule has 162 valence electrons. The minimum Gasteiger partial charge on any atom is -0.462 e. The number of benzene rings is 1. The number of carbonyl (C=O) groups is 2. The third-order valence-corrected chi connectivity index (χ3v) is 6.22. The van der Waals surface area contributed by atoms with Gasteiger partial charge >= 0.3 is 5.97 Å². The van der Waals surface area contributed by atoms with Gasteiger partial charge in [-0.25, -0.2) is 4.79 Å². The van der Waals surface area contributed by atoms with E-state index in [0.29, 0.717) is 33.1 Å². The summed E-state index contributed by atoms with van der Waals surface area (Å²) in [5, 5.41) is 13.0. The Labute approximate surface area is 193 Å². The van der Waals surface area contributed by atoms with Crippen LogP contribution in [-0.4, -0.2) is 39.0 Å². The molecule has 0 aliphatic carbocycles. The standard InChI is InChI=1S/C21H21ClN4O3S2/c1-4-9-26-18(14-7-6-8-15(22)11-14)24-25-21(26)30-12-17(27)23-19-16(10-13(3)31-19)20(28)29-5-2/h4,6-8,10-11H,1,5,9,12H2,2-3H3,(H,23,27). The number of aryl methyl sites for hydroxylation is 1. The molecule has 0 aliphatic rings. The summed E-state index contributed by atoms with van der Waals surface area (Å²) in [6.07, 6.45) is 1.74. The van der Waals surface area contributed by atoms with Crippen molar-refractivity contribution in [3.05, 3.63) is 58.5 Å². The molecule has 0 saturated heterocycles. The number of carbonyl (C=O) groups excluding carboxylic acids is 2. The molecule has 0 spiro atoms. The number of amides is 1. The predicted molar refractivity (Wildman–Crippen MR) is 125 cm³/mol. The average Bonchev–Trinajstić information content (AvgIpc) is 3.30. The highest BCUT2D eigenvalue weighted by molar-refractivity contribution is 7.99. The summed E-state index contributed by atoms with van der Waals surface area (Å²) in [6.45, 7) is 8.15. The third-order valence-electron chi connectivity index (χ3n) is 4.05. The lowest BCUT2D eigenvalue weighted by atomic mass is 10.2. The summed E-state index contributed by atoms with van der Waals surface area (Å²) in [4.78, 5) is 25.6. The summed E-state index contributed by atoms with van der Waals surface area (Å²) in [5.74, 6) is 0.0367. The maximum atomic E-state index is 12.5. The van der Waals surface area contributed by atoms with Gasteiger partial charge in [-0.2, -0.15) is 0 Å². The fourth-order valence-electron chi connectivity index (χ4n) is 2.79.